The van der Waals surface area contributed by atoms with Crippen LogP contribution < -0.4 is 5.32 Å². The summed E-state index contributed by atoms with van der Waals surface area (Å²) in [4.78, 5) is 19.6. The first-order valence-electron chi connectivity index (χ1n) is 6.17. The van der Waals surface area contributed by atoms with Crippen LogP contribution in [0.15, 0.2) is 18.3 Å². The normalized spacial score (nSPS) is 13.5. The van der Waals surface area contributed by atoms with E-state index in [1.54, 1.807) is 10.8 Å². The Kier molecular flexibility index (Phi) is 3.45. The van der Waals surface area contributed by atoms with Gasteiger partial charge < -0.3 is 10.3 Å². The number of carbonyl (C=O) groups excluding carboxylic acids is 1. The largest absolute Gasteiger partial charge is 0.350 e. The van der Waals surface area contributed by atoms with Crippen LogP contribution in [0.5, 0.6) is 0 Å². The molecule has 1 unspecified atom stereocenters. The van der Waals surface area contributed by atoms with Crippen molar-refractivity contribution in [2.24, 2.45) is 0 Å². The molecular formula is C13H18N4OS. The fourth-order valence-corrected chi connectivity index (χ4v) is 2.26. The van der Waals surface area contributed by atoms with E-state index < -0.39 is 6.04 Å². The molecule has 2 N–H and O–H groups in total. The van der Waals surface area contributed by atoms with E-state index in [1.807, 2.05) is 39.8 Å². The van der Waals surface area contributed by atoms with Gasteiger partial charge in [0.05, 0.1) is 5.52 Å². The molecule has 0 aliphatic rings. The lowest BCUT2D eigenvalue weighted by atomic mass is 10.1. The number of hydrogen-bond acceptors (Lipinski definition) is 3. The van der Waals surface area contributed by atoms with Crippen molar-refractivity contribution in [3.8, 4) is 0 Å². The summed E-state index contributed by atoms with van der Waals surface area (Å²) in [5.41, 5.74) is 1.26. The van der Waals surface area contributed by atoms with Crippen molar-refractivity contribution in [2.45, 2.75) is 39.3 Å². The molecule has 2 rings (SSSR count). The molecule has 1 atom stereocenters. The Hall–Kier alpha value is -1.69. The van der Waals surface area contributed by atoms with E-state index >= 15 is 0 Å². The van der Waals surface area contributed by atoms with Gasteiger partial charge in [-0.25, -0.2) is 4.98 Å². The summed E-state index contributed by atoms with van der Waals surface area (Å²) in [6.07, 6.45) is 1.69. The van der Waals surface area contributed by atoms with Gasteiger partial charge in [0.15, 0.2) is 10.4 Å². The summed E-state index contributed by atoms with van der Waals surface area (Å²) >= 11 is 5.28. The van der Waals surface area contributed by atoms with Gasteiger partial charge >= 0.3 is 0 Å². The number of nitrogens with zero attached hydrogens (tertiary/aromatic N) is 2. The van der Waals surface area contributed by atoms with Crippen LogP contribution in [0.3, 0.4) is 0 Å². The minimum atomic E-state index is -0.407. The third kappa shape index (κ3) is 2.84. The lowest BCUT2D eigenvalue weighted by molar-refractivity contribution is -0.125. The molecule has 0 saturated carbocycles. The molecule has 2 aromatic heterocycles. The highest BCUT2D eigenvalue weighted by molar-refractivity contribution is 7.71. The minimum Gasteiger partial charge on any atom is -0.350 e. The fourth-order valence-electron chi connectivity index (χ4n) is 1.91. The van der Waals surface area contributed by atoms with E-state index in [1.165, 1.54) is 0 Å². The highest BCUT2D eigenvalue weighted by atomic mass is 32.1. The molecule has 0 aliphatic heterocycles. The molecule has 6 heteroatoms. The van der Waals surface area contributed by atoms with Crippen LogP contribution in [0.1, 0.15) is 33.7 Å². The zero-order chi connectivity index (χ0) is 14.2. The SMILES string of the molecule is CC(C(=O)NC(C)(C)C)n1c(=S)[nH]c2cccnc21. The Balaban J connectivity index is 2.42. The molecule has 102 valence electrons. The molecule has 0 aromatic carbocycles. The van der Waals surface area contributed by atoms with Crippen LogP contribution in [-0.2, 0) is 4.79 Å². The summed E-state index contributed by atoms with van der Waals surface area (Å²) < 4.78 is 2.25. The third-order valence-electron chi connectivity index (χ3n) is 2.74. The lowest BCUT2D eigenvalue weighted by Crippen LogP contribution is -2.43. The van der Waals surface area contributed by atoms with Crippen LogP contribution in [0.2, 0.25) is 0 Å². The maximum atomic E-state index is 12.2. The molecule has 19 heavy (non-hydrogen) atoms. The number of hydrogen-bond donors (Lipinski definition) is 2. The quantitative estimate of drug-likeness (QED) is 0.830. The Bertz CT molecular complexity index is 665. The highest BCUT2D eigenvalue weighted by Crippen LogP contribution is 2.17. The number of H-pyrrole nitrogens is 1. The van der Waals surface area contributed by atoms with Gasteiger partial charge in [-0.15, -0.1) is 0 Å². The monoisotopic (exact) mass is 278 g/mol. The number of rotatable bonds is 2. The maximum Gasteiger partial charge on any atom is 0.243 e. The lowest BCUT2D eigenvalue weighted by Gasteiger charge is -2.23. The van der Waals surface area contributed by atoms with Gasteiger partial charge in [-0.3, -0.25) is 9.36 Å². The van der Waals surface area contributed by atoms with Crippen molar-refractivity contribution in [1.29, 1.82) is 0 Å². The standard InChI is InChI=1S/C13H18N4OS/c1-8(11(18)16-13(2,3)4)17-10-9(15-12(17)19)6-5-7-14-10/h5-8H,1-4H3,(H,15,19)(H,16,18). The van der Waals surface area contributed by atoms with Crippen molar-refractivity contribution < 1.29 is 4.79 Å². The van der Waals surface area contributed by atoms with Crippen molar-refractivity contribution in [3.05, 3.63) is 23.1 Å². The maximum absolute atomic E-state index is 12.2. The number of nitrogens with one attached hydrogen (secondary N) is 2. The van der Waals surface area contributed by atoms with Crippen molar-refractivity contribution in [2.75, 3.05) is 0 Å². The zero-order valence-corrected chi connectivity index (χ0v) is 12.3. The number of aromatic amines is 1. The minimum absolute atomic E-state index is 0.0739. The van der Waals surface area contributed by atoms with Crippen LogP contribution in [0, 0.1) is 4.77 Å². The molecule has 0 fully saturated rings. The summed E-state index contributed by atoms with van der Waals surface area (Å²) in [6.45, 7) is 7.66. The smallest absolute Gasteiger partial charge is 0.243 e. The van der Waals surface area contributed by atoms with Crippen molar-refractivity contribution >= 4 is 29.3 Å². The molecule has 1 amide bonds. The first kappa shape index (κ1) is 13.7. The first-order valence-corrected chi connectivity index (χ1v) is 6.58. The number of imidazole rings is 1. The van der Waals surface area contributed by atoms with E-state index in [2.05, 4.69) is 15.3 Å². The molecule has 0 radical (unpaired) electrons. The predicted molar refractivity (Wildman–Crippen MR) is 77.5 cm³/mol. The second kappa shape index (κ2) is 4.77. The second-order valence-corrected chi connectivity index (χ2v) is 5.98. The molecule has 0 aliphatic carbocycles. The number of carbonyl (C=O) groups is 1. The zero-order valence-electron chi connectivity index (χ0n) is 11.5. The molecule has 0 saturated heterocycles. The molecule has 0 bridgehead atoms. The number of pyridine rings is 1. The third-order valence-corrected chi connectivity index (χ3v) is 3.04. The second-order valence-electron chi connectivity index (χ2n) is 5.59. The van der Waals surface area contributed by atoms with E-state index in [0.29, 0.717) is 10.4 Å². The number of aromatic nitrogens is 3. The van der Waals surface area contributed by atoms with Crippen LogP contribution >= 0.6 is 12.2 Å². The Morgan fingerprint density at radius 2 is 2.21 bits per heavy atom. The topological polar surface area (TPSA) is 62.7 Å². The van der Waals surface area contributed by atoms with E-state index in [0.717, 1.165) is 5.52 Å². The summed E-state index contributed by atoms with van der Waals surface area (Å²) in [7, 11) is 0. The molecule has 2 heterocycles. The van der Waals surface area contributed by atoms with Crippen LogP contribution in [0.4, 0.5) is 0 Å². The van der Waals surface area contributed by atoms with E-state index in [4.69, 9.17) is 12.2 Å². The summed E-state index contributed by atoms with van der Waals surface area (Å²) in [5, 5.41) is 2.95. The molecule has 0 spiro atoms. The summed E-state index contributed by atoms with van der Waals surface area (Å²) in [5.74, 6) is -0.0739. The van der Waals surface area contributed by atoms with Crippen molar-refractivity contribution in [1.82, 2.24) is 19.9 Å². The van der Waals surface area contributed by atoms with Crippen LogP contribution in [-0.4, -0.2) is 26.0 Å². The van der Waals surface area contributed by atoms with Crippen LogP contribution in [0.25, 0.3) is 11.2 Å². The van der Waals surface area contributed by atoms with E-state index in [-0.39, 0.29) is 11.4 Å². The Morgan fingerprint density at radius 3 is 2.84 bits per heavy atom. The molecular weight excluding hydrogens is 260 g/mol. The molecule has 2 aromatic rings. The highest BCUT2D eigenvalue weighted by Gasteiger charge is 2.22. The number of fused-ring (bicyclic) bond motifs is 1. The van der Waals surface area contributed by atoms with Gasteiger partial charge in [0, 0.05) is 11.7 Å². The number of amides is 1. The van der Waals surface area contributed by atoms with E-state index in [9.17, 15) is 4.79 Å². The average molecular weight is 278 g/mol. The van der Waals surface area contributed by atoms with Gasteiger partial charge in [0.1, 0.15) is 6.04 Å². The average Bonchev–Trinajstić information content (AvgIpc) is 2.61. The summed E-state index contributed by atoms with van der Waals surface area (Å²) in [6, 6.07) is 3.32. The predicted octanol–water partition coefficient (Wildman–Crippen LogP) is 2.57. The van der Waals surface area contributed by atoms with Crippen molar-refractivity contribution in [3.63, 3.8) is 0 Å². The van der Waals surface area contributed by atoms with Gasteiger partial charge in [-0.1, -0.05) is 0 Å². The van der Waals surface area contributed by atoms with Gasteiger partial charge in [-0.2, -0.15) is 0 Å². The Labute approximate surface area is 117 Å². The Morgan fingerprint density at radius 1 is 1.53 bits per heavy atom. The fraction of sp³-hybridized carbons (Fsp3) is 0.462. The molecule has 5 nitrogen and oxygen atoms in total. The van der Waals surface area contributed by atoms with Gasteiger partial charge in [0.2, 0.25) is 5.91 Å². The van der Waals surface area contributed by atoms with Gasteiger partial charge in [0.25, 0.3) is 0 Å². The van der Waals surface area contributed by atoms with Gasteiger partial charge in [-0.05, 0) is 52.0 Å². The first-order chi connectivity index (χ1) is 8.79.